The molecule has 22 heavy (non-hydrogen) atoms. The summed E-state index contributed by atoms with van der Waals surface area (Å²) in [6.45, 7) is 4.70. The number of amides is 1. The van der Waals surface area contributed by atoms with Gasteiger partial charge in [0.2, 0.25) is 0 Å². The molecule has 120 valence electrons. The van der Waals surface area contributed by atoms with Gasteiger partial charge in [0.25, 0.3) is 11.5 Å². The van der Waals surface area contributed by atoms with Crippen LogP contribution in [0.4, 0.5) is 0 Å². The monoisotopic (exact) mass is 305 g/mol. The highest BCUT2D eigenvalue weighted by atomic mass is 16.5. The quantitative estimate of drug-likeness (QED) is 0.835. The molecular weight excluding hydrogens is 282 g/mol. The summed E-state index contributed by atoms with van der Waals surface area (Å²) < 4.78 is 7.17. The van der Waals surface area contributed by atoms with Crippen LogP contribution in [0.1, 0.15) is 31.2 Å². The van der Waals surface area contributed by atoms with Crippen molar-refractivity contribution in [1.82, 2.24) is 14.5 Å². The van der Waals surface area contributed by atoms with Crippen molar-refractivity contribution in [2.45, 2.75) is 45.3 Å². The van der Waals surface area contributed by atoms with Gasteiger partial charge < -0.3 is 9.64 Å². The zero-order valence-electron chi connectivity index (χ0n) is 13.0. The van der Waals surface area contributed by atoms with Gasteiger partial charge in [-0.2, -0.15) is 0 Å². The van der Waals surface area contributed by atoms with Gasteiger partial charge in [-0.05, 0) is 38.5 Å². The Kier molecular flexibility index (Phi) is 4.57. The van der Waals surface area contributed by atoms with Gasteiger partial charge in [-0.1, -0.05) is 0 Å². The average molecular weight is 305 g/mol. The minimum absolute atomic E-state index is 0.0351. The Labute approximate surface area is 130 Å². The van der Waals surface area contributed by atoms with Crippen molar-refractivity contribution in [2.75, 3.05) is 19.7 Å². The summed E-state index contributed by atoms with van der Waals surface area (Å²) in [5.41, 5.74) is 0.710. The molecule has 1 unspecified atom stereocenters. The maximum atomic E-state index is 12.3. The molecule has 1 atom stereocenters. The van der Waals surface area contributed by atoms with E-state index in [4.69, 9.17) is 4.74 Å². The smallest absolute Gasteiger partial charge is 0.256 e. The third kappa shape index (κ3) is 3.21. The first-order chi connectivity index (χ1) is 10.6. The van der Waals surface area contributed by atoms with E-state index >= 15 is 0 Å². The standard InChI is InChI=1S/C16H23N3O3/c1-12-9-17-11-19(15(12)20)10-13-4-6-18(7-5-13)16(21)14-3-2-8-22-14/h9,11,13-14H,2-8,10H2,1H3. The predicted octanol–water partition coefficient (Wildman–Crippen LogP) is 0.969. The van der Waals surface area contributed by atoms with Crippen LogP contribution in [-0.4, -0.2) is 46.2 Å². The number of aromatic nitrogens is 2. The second-order valence-electron chi connectivity index (χ2n) is 6.30. The highest BCUT2D eigenvalue weighted by molar-refractivity contribution is 5.81. The van der Waals surface area contributed by atoms with Crippen molar-refractivity contribution >= 4 is 5.91 Å². The maximum Gasteiger partial charge on any atom is 0.256 e. The highest BCUT2D eigenvalue weighted by Crippen LogP contribution is 2.22. The lowest BCUT2D eigenvalue weighted by Crippen LogP contribution is -2.44. The van der Waals surface area contributed by atoms with Crippen LogP contribution in [-0.2, 0) is 16.1 Å². The van der Waals surface area contributed by atoms with E-state index in [9.17, 15) is 9.59 Å². The molecule has 0 aliphatic carbocycles. The second-order valence-corrected chi connectivity index (χ2v) is 6.30. The molecule has 6 heteroatoms. The highest BCUT2D eigenvalue weighted by Gasteiger charge is 2.30. The molecule has 1 aromatic rings. The molecule has 2 aliphatic heterocycles. The number of hydrogen-bond donors (Lipinski definition) is 0. The SMILES string of the molecule is Cc1cncn(CC2CCN(C(=O)C3CCCO3)CC2)c1=O. The zero-order valence-corrected chi connectivity index (χ0v) is 13.0. The molecule has 2 fully saturated rings. The van der Waals surface area contributed by atoms with E-state index in [1.807, 2.05) is 4.90 Å². The van der Waals surface area contributed by atoms with Crippen molar-refractivity contribution in [3.8, 4) is 0 Å². The van der Waals surface area contributed by atoms with Gasteiger partial charge in [-0.3, -0.25) is 14.2 Å². The van der Waals surface area contributed by atoms with E-state index in [1.165, 1.54) is 0 Å². The van der Waals surface area contributed by atoms with Gasteiger partial charge >= 0.3 is 0 Å². The number of piperidine rings is 1. The van der Waals surface area contributed by atoms with Crippen LogP contribution >= 0.6 is 0 Å². The van der Waals surface area contributed by atoms with Crippen molar-refractivity contribution in [3.63, 3.8) is 0 Å². The normalized spacial score (nSPS) is 23.0. The van der Waals surface area contributed by atoms with E-state index in [1.54, 1.807) is 24.0 Å². The summed E-state index contributed by atoms with van der Waals surface area (Å²) >= 11 is 0. The van der Waals surface area contributed by atoms with Crippen molar-refractivity contribution in [1.29, 1.82) is 0 Å². The number of rotatable bonds is 3. The van der Waals surface area contributed by atoms with Gasteiger partial charge in [-0.15, -0.1) is 0 Å². The molecule has 2 saturated heterocycles. The van der Waals surface area contributed by atoms with E-state index in [-0.39, 0.29) is 17.6 Å². The van der Waals surface area contributed by atoms with E-state index in [0.717, 1.165) is 38.8 Å². The minimum Gasteiger partial charge on any atom is -0.368 e. The Morgan fingerprint density at radius 2 is 2.14 bits per heavy atom. The molecule has 3 rings (SSSR count). The summed E-state index contributed by atoms with van der Waals surface area (Å²) in [5.74, 6) is 0.570. The predicted molar refractivity (Wildman–Crippen MR) is 81.5 cm³/mol. The number of ether oxygens (including phenoxy) is 1. The lowest BCUT2D eigenvalue weighted by atomic mass is 9.96. The van der Waals surface area contributed by atoms with Crippen LogP contribution in [0.2, 0.25) is 0 Å². The van der Waals surface area contributed by atoms with Gasteiger partial charge in [0, 0.05) is 38.0 Å². The number of likely N-dealkylation sites (tertiary alicyclic amines) is 1. The van der Waals surface area contributed by atoms with Crippen LogP contribution in [0.15, 0.2) is 17.3 Å². The molecule has 1 amide bonds. The molecule has 0 bridgehead atoms. The van der Waals surface area contributed by atoms with E-state index in [0.29, 0.717) is 24.6 Å². The lowest BCUT2D eigenvalue weighted by Gasteiger charge is -2.33. The summed E-state index contributed by atoms with van der Waals surface area (Å²) in [5, 5.41) is 0. The summed E-state index contributed by atoms with van der Waals surface area (Å²) in [6, 6.07) is 0. The number of carbonyl (C=O) groups excluding carboxylic acids is 1. The molecule has 0 saturated carbocycles. The third-order valence-corrected chi connectivity index (χ3v) is 4.66. The summed E-state index contributed by atoms with van der Waals surface area (Å²) in [7, 11) is 0. The Bertz CT molecular complexity index is 585. The molecule has 0 spiro atoms. The van der Waals surface area contributed by atoms with E-state index < -0.39 is 0 Å². The lowest BCUT2D eigenvalue weighted by molar-refractivity contribution is -0.142. The van der Waals surface area contributed by atoms with Gasteiger partial charge in [-0.25, -0.2) is 4.98 Å². The molecular formula is C16H23N3O3. The zero-order chi connectivity index (χ0) is 15.5. The topological polar surface area (TPSA) is 64.4 Å². The summed E-state index contributed by atoms with van der Waals surface area (Å²) in [4.78, 5) is 30.3. The van der Waals surface area contributed by atoms with Crippen LogP contribution in [0, 0.1) is 12.8 Å². The first kappa shape index (κ1) is 15.2. The van der Waals surface area contributed by atoms with Crippen molar-refractivity contribution in [3.05, 3.63) is 28.4 Å². The van der Waals surface area contributed by atoms with Gasteiger partial charge in [0.05, 0.1) is 6.33 Å². The minimum atomic E-state index is -0.222. The fourth-order valence-electron chi connectivity index (χ4n) is 3.28. The van der Waals surface area contributed by atoms with Gasteiger partial charge in [0.1, 0.15) is 6.10 Å². The number of hydrogen-bond acceptors (Lipinski definition) is 4. The molecule has 2 aliphatic rings. The Hall–Kier alpha value is -1.69. The second kappa shape index (κ2) is 6.60. The fraction of sp³-hybridized carbons (Fsp3) is 0.688. The van der Waals surface area contributed by atoms with E-state index in [2.05, 4.69) is 4.98 Å². The first-order valence-corrected chi connectivity index (χ1v) is 8.06. The van der Waals surface area contributed by atoms with Gasteiger partial charge in [0.15, 0.2) is 0 Å². The first-order valence-electron chi connectivity index (χ1n) is 8.06. The van der Waals surface area contributed by atoms with Crippen LogP contribution in [0.3, 0.4) is 0 Å². The number of aryl methyl sites for hydroxylation is 1. The molecule has 0 radical (unpaired) electrons. The molecule has 0 N–H and O–H groups in total. The number of nitrogens with zero attached hydrogens (tertiary/aromatic N) is 3. The molecule has 0 aromatic carbocycles. The maximum absolute atomic E-state index is 12.3. The molecule has 6 nitrogen and oxygen atoms in total. The number of carbonyl (C=O) groups is 1. The average Bonchev–Trinajstić information content (AvgIpc) is 3.06. The Morgan fingerprint density at radius 3 is 2.82 bits per heavy atom. The Morgan fingerprint density at radius 1 is 1.36 bits per heavy atom. The molecule has 1 aromatic heterocycles. The Balaban J connectivity index is 1.54. The van der Waals surface area contributed by atoms with Crippen molar-refractivity contribution < 1.29 is 9.53 Å². The summed E-state index contributed by atoms with van der Waals surface area (Å²) in [6.07, 6.45) is 6.68. The largest absolute Gasteiger partial charge is 0.368 e. The molecule has 3 heterocycles. The van der Waals surface area contributed by atoms with Crippen molar-refractivity contribution in [2.24, 2.45) is 5.92 Å². The van der Waals surface area contributed by atoms with Crippen LogP contribution < -0.4 is 5.56 Å². The fourth-order valence-corrected chi connectivity index (χ4v) is 3.28. The van der Waals surface area contributed by atoms with Crippen LogP contribution in [0.5, 0.6) is 0 Å². The third-order valence-electron chi connectivity index (χ3n) is 4.66. The van der Waals surface area contributed by atoms with Crippen LogP contribution in [0.25, 0.3) is 0 Å².